The van der Waals surface area contributed by atoms with Crippen LogP contribution in [-0.2, 0) is 54.7 Å². The number of piperidine rings is 2. The average Bonchev–Trinajstić information content (AvgIpc) is 3.78. The molecule has 392 valence electrons. The van der Waals surface area contributed by atoms with Crippen LogP contribution in [0.25, 0.3) is 0 Å². The summed E-state index contributed by atoms with van der Waals surface area (Å²) < 4.78 is 29.9. The maximum atomic E-state index is 13.3. The van der Waals surface area contributed by atoms with E-state index in [1.165, 1.54) is 12.0 Å². The molecule has 5 fully saturated rings. The molecule has 1 aliphatic carbocycles. The summed E-state index contributed by atoms with van der Waals surface area (Å²) in [5.41, 5.74) is 1.95. The summed E-state index contributed by atoms with van der Waals surface area (Å²) in [6.07, 6.45) is 9.69. The second-order valence-corrected chi connectivity index (χ2v) is 21.8. The number of aliphatic hydroxyl groups is 1. The average molecular weight is 1030 g/mol. The third kappa shape index (κ3) is 11.4. The molecule has 10 rings (SSSR count). The molecule has 0 spiro atoms. The van der Waals surface area contributed by atoms with Crippen LogP contribution >= 0.6 is 0 Å². The van der Waals surface area contributed by atoms with Crippen molar-refractivity contribution in [2.45, 2.75) is 99.3 Å². The van der Waals surface area contributed by atoms with Crippen molar-refractivity contribution >= 4 is 58.4 Å². The standard InChI is InChI=1S/C52H63N11O10S/c1-71-48(68)52(58-43(66)24-36-29-62(30-36)44(67)32-73-39-5-2-4-38(25-39)63-20-12-42(65)56-50(63)69)16-21-60(22-17-52)28-34-6-8-35(9-7-34)31-72-40-26-53-46(54-27-40)37-10-18-61(19-11-37)49-55-41-13-23-74(70)45(41)47(57-49)59-51(33-64)14-3-15-51/h2,4-9,25-27,36-37,64H,3,10-24,28-33H2,1H3,(H,58,66)(H,55,57,59)(H,56,65,69)/t74-/m1/s1. The van der Waals surface area contributed by atoms with Crippen molar-refractivity contribution in [1.29, 1.82) is 0 Å². The van der Waals surface area contributed by atoms with Crippen molar-refractivity contribution in [3.8, 4) is 11.5 Å². The van der Waals surface area contributed by atoms with Gasteiger partial charge in [-0.15, -0.1) is 0 Å². The second kappa shape index (κ2) is 22.1. The van der Waals surface area contributed by atoms with Crippen molar-refractivity contribution in [2.75, 3.05) is 87.0 Å². The third-order valence-corrected chi connectivity index (χ3v) is 16.8. The predicted molar refractivity (Wildman–Crippen MR) is 271 cm³/mol. The number of esters is 1. The number of aliphatic hydroxyl groups excluding tert-OH is 1. The molecule has 4 N–H and O–H groups in total. The Kier molecular flexibility index (Phi) is 15.2. The molecule has 7 heterocycles. The van der Waals surface area contributed by atoms with Crippen molar-refractivity contribution < 1.29 is 47.8 Å². The first kappa shape index (κ1) is 50.9. The number of carbonyl (C=O) groups excluding carboxylic acids is 5. The lowest BCUT2D eigenvalue weighted by Gasteiger charge is -2.42. The summed E-state index contributed by atoms with van der Waals surface area (Å²) in [4.78, 5) is 90.5. The van der Waals surface area contributed by atoms with Gasteiger partial charge in [0, 0.05) is 95.2 Å². The molecule has 5 aliphatic heterocycles. The number of methoxy groups -OCH3 is 1. The number of aryl methyl sites for hydroxylation is 1. The maximum absolute atomic E-state index is 13.3. The molecule has 2 aromatic heterocycles. The van der Waals surface area contributed by atoms with Crippen LogP contribution in [0.4, 0.5) is 22.2 Å². The highest BCUT2D eigenvalue weighted by Crippen LogP contribution is 2.40. The van der Waals surface area contributed by atoms with Crippen LogP contribution in [0, 0.1) is 5.92 Å². The number of fused-ring (bicyclic) bond motifs is 1. The van der Waals surface area contributed by atoms with Crippen LogP contribution < -0.4 is 35.2 Å². The summed E-state index contributed by atoms with van der Waals surface area (Å²) in [7, 11) is 1.33. The first-order valence-corrected chi connectivity index (χ1v) is 26.9. The highest BCUT2D eigenvalue weighted by atomic mass is 32.2. The molecule has 21 nitrogen and oxygen atoms in total. The van der Waals surface area contributed by atoms with Crippen LogP contribution in [0.1, 0.15) is 86.4 Å². The zero-order chi connectivity index (χ0) is 51.4. The molecule has 0 bridgehead atoms. The van der Waals surface area contributed by atoms with Gasteiger partial charge in [0.05, 0.1) is 31.6 Å². The van der Waals surface area contributed by atoms with Crippen molar-refractivity contribution in [2.24, 2.45) is 5.92 Å². The topological polar surface area (TPSA) is 257 Å². The molecule has 0 unspecified atom stereocenters. The van der Waals surface area contributed by atoms with Gasteiger partial charge in [-0.2, -0.15) is 4.98 Å². The highest BCUT2D eigenvalue weighted by Gasteiger charge is 2.45. The number of nitrogens with zero attached hydrogens (tertiary/aromatic N) is 8. The fraction of sp³-hybridized carbons (Fsp3) is 0.519. The number of hydrogen-bond acceptors (Lipinski definition) is 17. The Bertz CT molecular complexity index is 2700. The molecular weight excluding hydrogens is 971 g/mol. The van der Waals surface area contributed by atoms with E-state index in [1.807, 2.05) is 12.1 Å². The Labute approximate surface area is 432 Å². The van der Waals surface area contributed by atoms with Crippen LogP contribution in [0.2, 0.25) is 0 Å². The quantitative estimate of drug-likeness (QED) is 0.0824. The zero-order valence-corrected chi connectivity index (χ0v) is 42.4. The van der Waals surface area contributed by atoms with Gasteiger partial charge in [-0.05, 0) is 79.4 Å². The monoisotopic (exact) mass is 1030 g/mol. The van der Waals surface area contributed by atoms with Crippen LogP contribution in [0.15, 0.2) is 65.8 Å². The molecule has 22 heteroatoms. The number of nitrogens with one attached hydrogen (secondary N) is 3. The lowest BCUT2D eigenvalue weighted by atomic mass is 9.77. The maximum Gasteiger partial charge on any atom is 0.331 e. The molecule has 74 heavy (non-hydrogen) atoms. The number of anilines is 3. The SMILES string of the molecule is COC(=O)C1(NC(=O)CC2CN(C(=O)COc3cccc(N4CCC(=O)NC4=O)c3)C2)CCN(Cc2ccc(COc3cnc(C4CCN(c5nc6c(c(NC7(CO)CCC7)n5)[S@+]([O-])CC6)CC4)nc3)cc2)CC1. The number of likely N-dealkylation sites (tertiary alicyclic amines) is 2. The van der Waals surface area contributed by atoms with E-state index in [2.05, 4.69) is 47.9 Å². The van der Waals surface area contributed by atoms with Gasteiger partial charge in [0.15, 0.2) is 18.2 Å². The van der Waals surface area contributed by atoms with Crippen LogP contribution in [-0.4, -0.2) is 152 Å². The van der Waals surface area contributed by atoms with Crippen molar-refractivity contribution in [3.63, 3.8) is 0 Å². The lowest BCUT2D eigenvalue weighted by molar-refractivity contribution is -0.154. The van der Waals surface area contributed by atoms with Gasteiger partial charge in [-0.3, -0.25) is 29.5 Å². The smallest absolute Gasteiger partial charge is 0.331 e. The molecule has 4 saturated heterocycles. The number of benzene rings is 2. The van der Waals surface area contributed by atoms with Crippen LogP contribution in [0.3, 0.4) is 0 Å². The van der Waals surface area contributed by atoms with Crippen LogP contribution in [0.5, 0.6) is 11.5 Å². The zero-order valence-electron chi connectivity index (χ0n) is 41.6. The third-order valence-electron chi connectivity index (χ3n) is 15.3. The van der Waals surface area contributed by atoms with E-state index in [1.54, 1.807) is 41.6 Å². The molecule has 5 amide bonds. The minimum Gasteiger partial charge on any atom is -0.611 e. The number of imide groups is 1. The highest BCUT2D eigenvalue weighted by molar-refractivity contribution is 7.91. The molecule has 2 aromatic carbocycles. The van der Waals surface area contributed by atoms with E-state index < -0.39 is 34.3 Å². The minimum atomic E-state index is -1.15. The Morgan fingerprint density at radius 2 is 1.65 bits per heavy atom. The fourth-order valence-electron chi connectivity index (χ4n) is 10.6. The van der Waals surface area contributed by atoms with Gasteiger partial charge in [-0.25, -0.2) is 24.5 Å². The number of ether oxygens (including phenoxy) is 3. The molecular formula is C52H63N11O10S. The number of aromatic nitrogens is 4. The van der Waals surface area contributed by atoms with E-state index in [4.69, 9.17) is 24.2 Å². The fourth-order valence-corrected chi connectivity index (χ4v) is 11.9. The Morgan fingerprint density at radius 3 is 2.34 bits per heavy atom. The first-order chi connectivity index (χ1) is 35.9. The predicted octanol–water partition coefficient (Wildman–Crippen LogP) is 3.22. The van der Waals surface area contributed by atoms with Gasteiger partial charge in [0.1, 0.15) is 35.2 Å². The van der Waals surface area contributed by atoms with E-state index in [0.717, 1.165) is 67.8 Å². The van der Waals surface area contributed by atoms with E-state index >= 15 is 0 Å². The van der Waals surface area contributed by atoms with Gasteiger partial charge < -0.3 is 44.3 Å². The van der Waals surface area contributed by atoms with Gasteiger partial charge in [0.2, 0.25) is 22.7 Å². The van der Waals surface area contributed by atoms with E-state index in [9.17, 15) is 33.6 Å². The molecule has 6 aliphatic rings. The summed E-state index contributed by atoms with van der Waals surface area (Å²) in [5.74, 6) is 2.39. The molecule has 4 aromatic rings. The lowest BCUT2D eigenvalue weighted by Crippen LogP contribution is -2.61. The van der Waals surface area contributed by atoms with Gasteiger partial charge >= 0.3 is 12.0 Å². The van der Waals surface area contributed by atoms with Crippen molar-refractivity contribution in [1.82, 2.24) is 40.4 Å². The minimum absolute atomic E-state index is 0.0144. The number of amides is 5. The molecule has 0 radical (unpaired) electrons. The summed E-state index contributed by atoms with van der Waals surface area (Å²) in [6.45, 7) is 4.48. The van der Waals surface area contributed by atoms with Crippen molar-refractivity contribution in [3.05, 3.63) is 83.6 Å². The van der Waals surface area contributed by atoms with E-state index in [0.29, 0.717) is 98.2 Å². The number of urea groups is 1. The summed E-state index contributed by atoms with van der Waals surface area (Å²) in [6, 6.07) is 14.5. The summed E-state index contributed by atoms with van der Waals surface area (Å²) >= 11 is -1.15. The van der Waals surface area contributed by atoms with Gasteiger partial charge in [0.25, 0.3) is 5.91 Å². The Balaban J connectivity index is 0.633. The number of carbonyl (C=O) groups is 5. The largest absolute Gasteiger partial charge is 0.611 e. The number of rotatable bonds is 18. The summed E-state index contributed by atoms with van der Waals surface area (Å²) in [5, 5.41) is 18.9. The first-order valence-electron chi connectivity index (χ1n) is 25.6. The van der Waals surface area contributed by atoms with E-state index in [-0.39, 0.29) is 62.2 Å². The number of hydrogen-bond donors (Lipinski definition) is 4. The Morgan fingerprint density at radius 1 is 0.905 bits per heavy atom. The second-order valence-electron chi connectivity index (χ2n) is 20.3. The molecule has 1 atom stereocenters. The molecule has 1 saturated carbocycles. The normalized spacial score (nSPS) is 20.7. The van der Waals surface area contributed by atoms with Gasteiger partial charge in [-0.1, -0.05) is 30.3 Å². The Hall–Kier alpha value is -6.62.